The van der Waals surface area contributed by atoms with Crippen molar-refractivity contribution in [3.8, 4) is 6.07 Å². The largest absolute Gasteiger partial charge is 0.466 e. The van der Waals surface area contributed by atoms with E-state index in [2.05, 4.69) is 10.1 Å². The number of esters is 1. The first-order valence-electron chi connectivity index (χ1n) is 8.27. The summed E-state index contributed by atoms with van der Waals surface area (Å²) in [7, 11) is 2.57. The lowest BCUT2D eigenvalue weighted by Crippen LogP contribution is -2.41. The molecule has 0 saturated carbocycles. The molecule has 29 heavy (non-hydrogen) atoms. The second-order valence-electron chi connectivity index (χ2n) is 5.97. The molecule has 0 radical (unpaired) electrons. The van der Waals surface area contributed by atoms with Crippen LogP contribution in [0.2, 0.25) is 0 Å². The van der Waals surface area contributed by atoms with Crippen molar-refractivity contribution >= 4 is 40.7 Å². The van der Waals surface area contributed by atoms with E-state index >= 15 is 0 Å². The van der Waals surface area contributed by atoms with E-state index in [1.165, 1.54) is 38.4 Å². The fraction of sp³-hybridized carbons (Fsp3) is 0.158. The van der Waals surface area contributed by atoms with Crippen LogP contribution in [0.4, 0.5) is 4.39 Å². The van der Waals surface area contributed by atoms with E-state index in [0.717, 1.165) is 22.0 Å². The molecule has 1 amide bonds. The van der Waals surface area contributed by atoms with Crippen molar-refractivity contribution in [3.63, 3.8) is 0 Å². The molecule has 3 rings (SSSR count). The Morgan fingerprint density at radius 1 is 1.38 bits per heavy atom. The SMILES string of the molecule is CNC(=O)C1=c2s/c(=C\C(=O)OC)c(=O)n2C(N)=C(C#N)[C@@H]1c1ccc(F)cc1. The van der Waals surface area contributed by atoms with Crippen LogP contribution in [0, 0.1) is 17.1 Å². The van der Waals surface area contributed by atoms with Gasteiger partial charge in [-0.3, -0.25) is 14.2 Å². The van der Waals surface area contributed by atoms with Crippen molar-refractivity contribution in [2.75, 3.05) is 14.2 Å². The van der Waals surface area contributed by atoms with Gasteiger partial charge >= 0.3 is 5.97 Å². The van der Waals surface area contributed by atoms with Gasteiger partial charge in [0.2, 0.25) is 0 Å². The zero-order valence-electron chi connectivity index (χ0n) is 15.4. The Morgan fingerprint density at radius 3 is 2.59 bits per heavy atom. The third kappa shape index (κ3) is 3.32. The fourth-order valence-corrected chi connectivity index (χ4v) is 4.19. The number of amides is 1. The molecule has 2 heterocycles. The van der Waals surface area contributed by atoms with Gasteiger partial charge in [-0.2, -0.15) is 5.26 Å². The number of thiazole rings is 1. The molecule has 0 aliphatic carbocycles. The Balaban J connectivity index is 2.48. The number of nitrogens with zero attached hydrogens (tertiary/aromatic N) is 2. The van der Waals surface area contributed by atoms with Crippen molar-refractivity contribution in [3.05, 3.63) is 60.8 Å². The van der Waals surface area contributed by atoms with Crippen molar-refractivity contribution in [2.45, 2.75) is 5.92 Å². The van der Waals surface area contributed by atoms with Crippen molar-refractivity contribution in [2.24, 2.45) is 5.73 Å². The molecule has 1 aliphatic rings. The van der Waals surface area contributed by atoms with Crippen LogP contribution in [0.3, 0.4) is 0 Å². The molecule has 2 aromatic rings. The van der Waals surface area contributed by atoms with Gasteiger partial charge in [0.1, 0.15) is 20.8 Å². The summed E-state index contributed by atoms with van der Waals surface area (Å²) in [5.74, 6) is -2.84. The molecule has 0 saturated heterocycles. The summed E-state index contributed by atoms with van der Waals surface area (Å²) in [5, 5.41) is 12.2. The van der Waals surface area contributed by atoms with Gasteiger partial charge in [-0.05, 0) is 17.7 Å². The number of methoxy groups -OCH3 is 1. The monoisotopic (exact) mass is 414 g/mol. The van der Waals surface area contributed by atoms with Crippen molar-refractivity contribution in [1.29, 1.82) is 5.26 Å². The average Bonchev–Trinajstić information content (AvgIpc) is 3.03. The molecule has 3 N–H and O–H groups in total. The highest BCUT2D eigenvalue weighted by atomic mass is 32.1. The second kappa shape index (κ2) is 7.73. The predicted molar refractivity (Wildman–Crippen MR) is 104 cm³/mol. The molecule has 0 spiro atoms. The number of hydrogen-bond donors (Lipinski definition) is 2. The fourth-order valence-electron chi connectivity index (χ4n) is 3.06. The molecule has 148 valence electrons. The number of nitrogens with one attached hydrogen (secondary N) is 1. The molecular weight excluding hydrogens is 399 g/mol. The molecule has 0 fully saturated rings. The molecular formula is C19H15FN4O4S. The van der Waals surface area contributed by atoms with Crippen LogP contribution in [-0.2, 0) is 14.3 Å². The number of nitriles is 1. The quantitative estimate of drug-likeness (QED) is 0.643. The Kier molecular flexibility index (Phi) is 5.34. The number of aromatic nitrogens is 1. The lowest BCUT2D eigenvalue weighted by molar-refractivity contribution is -0.133. The van der Waals surface area contributed by atoms with Crippen LogP contribution >= 0.6 is 11.3 Å². The van der Waals surface area contributed by atoms with Gasteiger partial charge in [0.05, 0.1) is 30.2 Å². The number of carbonyl (C=O) groups excluding carboxylic acids is 2. The van der Waals surface area contributed by atoms with Gasteiger partial charge in [-0.1, -0.05) is 12.1 Å². The molecule has 1 aromatic carbocycles. The Morgan fingerprint density at radius 2 is 2.03 bits per heavy atom. The minimum Gasteiger partial charge on any atom is -0.466 e. The highest BCUT2D eigenvalue weighted by Gasteiger charge is 2.35. The number of ether oxygens (including phenoxy) is 1. The van der Waals surface area contributed by atoms with Crippen LogP contribution in [0.5, 0.6) is 0 Å². The minimum absolute atomic E-state index is 0.00625. The summed E-state index contributed by atoms with van der Waals surface area (Å²) in [5.41, 5.74) is 5.98. The number of rotatable bonds is 3. The summed E-state index contributed by atoms with van der Waals surface area (Å²) >= 11 is 0.874. The van der Waals surface area contributed by atoms with Crippen LogP contribution in [-0.4, -0.2) is 30.6 Å². The van der Waals surface area contributed by atoms with Gasteiger partial charge in [0.15, 0.2) is 0 Å². The number of allylic oxidation sites excluding steroid dienone is 1. The van der Waals surface area contributed by atoms with E-state index in [4.69, 9.17) is 5.73 Å². The molecule has 0 bridgehead atoms. The standard InChI is InChI=1S/C19H15FN4O4S/c1-23-17(26)15-14(9-3-5-10(20)6-4-9)11(8-21)16(22)24-18(27)12(29-19(15)24)7-13(25)28-2/h3-7,14H,22H2,1-2H3,(H,23,26)/b12-7-/t14-/m0/s1. The number of nitrogens with two attached hydrogens (primary N) is 1. The molecule has 1 aromatic heterocycles. The van der Waals surface area contributed by atoms with E-state index in [-0.39, 0.29) is 26.2 Å². The molecule has 1 aliphatic heterocycles. The van der Waals surface area contributed by atoms with Crippen LogP contribution in [0.15, 0.2) is 34.6 Å². The van der Waals surface area contributed by atoms with Gasteiger partial charge in [0.25, 0.3) is 11.5 Å². The summed E-state index contributed by atoms with van der Waals surface area (Å²) in [6.45, 7) is 0. The summed E-state index contributed by atoms with van der Waals surface area (Å²) in [4.78, 5) is 37.1. The van der Waals surface area contributed by atoms with E-state index in [1.54, 1.807) is 0 Å². The van der Waals surface area contributed by atoms with E-state index < -0.39 is 29.2 Å². The Bertz CT molecular complexity index is 1270. The zero-order chi connectivity index (χ0) is 21.3. The number of benzene rings is 1. The van der Waals surface area contributed by atoms with Gasteiger partial charge in [-0.25, -0.2) is 9.18 Å². The number of fused-ring (bicyclic) bond motifs is 1. The third-order valence-electron chi connectivity index (χ3n) is 4.39. The maximum absolute atomic E-state index is 13.4. The van der Waals surface area contributed by atoms with Crippen molar-refractivity contribution < 1.29 is 18.7 Å². The number of carbonyl (C=O) groups is 2. The topological polar surface area (TPSA) is 127 Å². The van der Waals surface area contributed by atoms with Gasteiger partial charge < -0.3 is 15.8 Å². The van der Waals surface area contributed by atoms with E-state index in [1.807, 2.05) is 6.07 Å². The maximum Gasteiger partial charge on any atom is 0.332 e. The molecule has 0 unspecified atom stereocenters. The molecule has 1 atom stereocenters. The summed E-state index contributed by atoms with van der Waals surface area (Å²) < 4.78 is 19.2. The predicted octanol–water partition coefficient (Wildman–Crippen LogP) is -0.653. The zero-order valence-corrected chi connectivity index (χ0v) is 16.2. The summed E-state index contributed by atoms with van der Waals surface area (Å²) in [6, 6.07) is 7.25. The Labute approximate surface area is 167 Å². The first kappa shape index (κ1) is 20.0. The lowest BCUT2D eigenvalue weighted by Gasteiger charge is -2.24. The number of halogens is 1. The van der Waals surface area contributed by atoms with E-state index in [9.17, 15) is 24.0 Å². The van der Waals surface area contributed by atoms with Gasteiger partial charge in [-0.15, -0.1) is 11.3 Å². The lowest BCUT2D eigenvalue weighted by atomic mass is 9.83. The minimum atomic E-state index is -0.912. The highest BCUT2D eigenvalue weighted by molar-refractivity contribution is 7.07. The van der Waals surface area contributed by atoms with Crippen LogP contribution in [0.1, 0.15) is 11.5 Å². The first-order chi connectivity index (χ1) is 13.8. The molecule has 8 nitrogen and oxygen atoms in total. The average molecular weight is 414 g/mol. The van der Waals surface area contributed by atoms with Crippen molar-refractivity contribution in [1.82, 2.24) is 9.88 Å². The smallest absolute Gasteiger partial charge is 0.332 e. The maximum atomic E-state index is 13.4. The first-order valence-corrected chi connectivity index (χ1v) is 9.09. The normalized spacial score (nSPS) is 16.3. The third-order valence-corrected chi connectivity index (χ3v) is 5.50. The highest BCUT2D eigenvalue weighted by Crippen LogP contribution is 2.35. The summed E-state index contributed by atoms with van der Waals surface area (Å²) in [6.07, 6.45) is 0.992. The second-order valence-corrected chi connectivity index (χ2v) is 7.00. The van der Waals surface area contributed by atoms with Crippen LogP contribution in [0.25, 0.3) is 17.5 Å². The van der Waals surface area contributed by atoms with E-state index in [0.29, 0.717) is 5.56 Å². The molecule has 10 heteroatoms. The van der Waals surface area contributed by atoms with Gasteiger partial charge in [0, 0.05) is 13.1 Å². The van der Waals surface area contributed by atoms with Crippen LogP contribution < -0.4 is 25.8 Å². The Hall–Kier alpha value is -3.71. The number of hydrogen-bond acceptors (Lipinski definition) is 7.